The van der Waals surface area contributed by atoms with E-state index in [1.54, 1.807) is 24.3 Å². The molecule has 1 aromatic rings. The second-order valence-corrected chi connectivity index (χ2v) is 5.47. The van der Waals surface area contributed by atoms with Gasteiger partial charge in [0.1, 0.15) is 0 Å². The van der Waals surface area contributed by atoms with Crippen molar-refractivity contribution in [1.29, 1.82) is 5.26 Å². The van der Waals surface area contributed by atoms with Crippen LogP contribution in [0.5, 0.6) is 0 Å². The lowest BCUT2D eigenvalue weighted by molar-refractivity contribution is -0.124. The molecule has 0 aliphatic carbocycles. The number of nitrogens with one attached hydrogen (secondary N) is 1. The molecule has 7 heteroatoms. The summed E-state index contributed by atoms with van der Waals surface area (Å²) in [5.41, 5.74) is 0.871. The van der Waals surface area contributed by atoms with Gasteiger partial charge >= 0.3 is 0 Å². The van der Waals surface area contributed by atoms with Gasteiger partial charge in [-0.25, -0.2) is 0 Å². The second kappa shape index (κ2) is 7.51. The van der Waals surface area contributed by atoms with Gasteiger partial charge in [0, 0.05) is 19.4 Å². The summed E-state index contributed by atoms with van der Waals surface area (Å²) in [6.45, 7) is 2.05. The number of hydrogen-bond donors (Lipinski definition) is 1. The Morgan fingerprint density at radius 1 is 1.08 bits per heavy atom. The highest BCUT2D eigenvalue weighted by molar-refractivity contribution is 6.21. The van der Waals surface area contributed by atoms with Crippen LogP contribution in [0, 0.1) is 17.2 Å². The Bertz CT molecular complexity index is 687. The lowest BCUT2D eigenvalue weighted by Gasteiger charge is -2.16. The standard InChI is InChI=1S/C13H12N2O2.C4H5NO2/c1-2-9(7-14)8-15-12(16)10-5-3-4-6-11(10)13(15)17;6-3-1-2-4(7)5-3/h3-6,9H,2,8H2,1H3;1-2H2,(H,5,6,7). The van der Waals surface area contributed by atoms with Crippen LogP contribution >= 0.6 is 0 Å². The molecule has 2 heterocycles. The number of imide groups is 2. The molecule has 1 saturated heterocycles. The van der Waals surface area contributed by atoms with E-state index in [0.29, 0.717) is 30.4 Å². The van der Waals surface area contributed by atoms with Crippen molar-refractivity contribution in [1.82, 2.24) is 10.2 Å². The van der Waals surface area contributed by atoms with Gasteiger partial charge in [0.2, 0.25) is 11.8 Å². The summed E-state index contributed by atoms with van der Waals surface area (Å²) in [5, 5.41) is 11.0. The van der Waals surface area contributed by atoms with Crippen molar-refractivity contribution >= 4 is 23.6 Å². The van der Waals surface area contributed by atoms with Crippen molar-refractivity contribution in [3.05, 3.63) is 35.4 Å². The molecule has 24 heavy (non-hydrogen) atoms. The van der Waals surface area contributed by atoms with E-state index in [1.807, 2.05) is 6.92 Å². The summed E-state index contributed by atoms with van der Waals surface area (Å²) in [6.07, 6.45) is 1.38. The highest BCUT2D eigenvalue weighted by Crippen LogP contribution is 2.23. The first-order valence-electron chi connectivity index (χ1n) is 7.65. The molecule has 1 N–H and O–H groups in total. The monoisotopic (exact) mass is 327 g/mol. The van der Waals surface area contributed by atoms with Crippen LogP contribution in [-0.4, -0.2) is 35.1 Å². The van der Waals surface area contributed by atoms with Gasteiger partial charge in [0.15, 0.2) is 0 Å². The first-order valence-corrected chi connectivity index (χ1v) is 7.65. The average Bonchev–Trinajstić information content (AvgIpc) is 3.08. The first kappa shape index (κ1) is 17.3. The van der Waals surface area contributed by atoms with Crippen LogP contribution in [0.15, 0.2) is 24.3 Å². The summed E-state index contributed by atoms with van der Waals surface area (Å²) in [6, 6.07) is 8.85. The normalized spacial score (nSPS) is 16.9. The molecule has 0 radical (unpaired) electrons. The zero-order chi connectivity index (χ0) is 17.7. The van der Waals surface area contributed by atoms with Gasteiger partial charge in [-0.15, -0.1) is 0 Å². The van der Waals surface area contributed by atoms with Crippen molar-refractivity contribution in [2.24, 2.45) is 5.92 Å². The van der Waals surface area contributed by atoms with E-state index in [2.05, 4.69) is 11.4 Å². The van der Waals surface area contributed by atoms with Crippen molar-refractivity contribution in [2.75, 3.05) is 6.54 Å². The Morgan fingerprint density at radius 2 is 1.58 bits per heavy atom. The maximum atomic E-state index is 12.0. The molecule has 0 aromatic heterocycles. The SMILES string of the molecule is CCC(C#N)CN1C(=O)c2ccccc2C1=O.O=C1CCC(=O)N1. The molecular formula is C17H17N3O4. The number of fused-ring (bicyclic) bond motifs is 1. The smallest absolute Gasteiger partial charge is 0.261 e. The van der Waals surface area contributed by atoms with Crippen molar-refractivity contribution in [3.8, 4) is 6.07 Å². The second-order valence-electron chi connectivity index (χ2n) is 5.47. The van der Waals surface area contributed by atoms with Crippen LogP contribution in [0.1, 0.15) is 46.9 Å². The van der Waals surface area contributed by atoms with Gasteiger partial charge < -0.3 is 0 Å². The van der Waals surface area contributed by atoms with E-state index in [-0.39, 0.29) is 36.1 Å². The Hall–Kier alpha value is -3.01. The zero-order valence-electron chi connectivity index (χ0n) is 13.2. The first-order chi connectivity index (χ1) is 11.5. The maximum Gasteiger partial charge on any atom is 0.261 e. The molecule has 7 nitrogen and oxygen atoms in total. The Morgan fingerprint density at radius 3 is 1.92 bits per heavy atom. The molecule has 1 aromatic carbocycles. The average molecular weight is 327 g/mol. The number of carbonyl (C=O) groups excluding carboxylic acids is 4. The van der Waals surface area contributed by atoms with Crippen LogP contribution in [0.2, 0.25) is 0 Å². The van der Waals surface area contributed by atoms with Crippen molar-refractivity contribution < 1.29 is 19.2 Å². The summed E-state index contributed by atoms with van der Waals surface area (Å²) in [4.78, 5) is 45.4. The fraction of sp³-hybridized carbons (Fsp3) is 0.353. The number of rotatable bonds is 3. The van der Waals surface area contributed by atoms with Crippen molar-refractivity contribution in [2.45, 2.75) is 26.2 Å². The molecule has 0 saturated carbocycles. The molecule has 2 aliphatic heterocycles. The van der Waals surface area contributed by atoms with Gasteiger partial charge in [-0.1, -0.05) is 19.1 Å². The molecule has 1 fully saturated rings. The minimum atomic E-state index is -0.294. The third-order valence-electron chi connectivity index (χ3n) is 3.81. The molecule has 3 rings (SSSR count). The lowest BCUT2D eigenvalue weighted by Crippen LogP contribution is -2.34. The molecular weight excluding hydrogens is 310 g/mol. The van der Waals surface area contributed by atoms with Gasteiger partial charge in [-0.3, -0.25) is 29.4 Å². The predicted molar refractivity (Wildman–Crippen MR) is 83.6 cm³/mol. The number of nitriles is 1. The Balaban J connectivity index is 0.000000249. The predicted octanol–water partition coefficient (Wildman–Crippen LogP) is 1.26. The maximum absolute atomic E-state index is 12.0. The zero-order valence-corrected chi connectivity index (χ0v) is 13.2. The third kappa shape index (κ3) is 3.66. The van der Waals surface area contributed by atoms with Crippen molar-refractivity contribution in [3.63, 3.8) is 0 Å². The Labute approximate surface area is 139 Å². The number of amides is 4. The minimum Gasteiger partial charge on any atom is -0.296 e. The summed E-state index contributed by atoms with van der Waals surface area (Å²) < 4.78 is 0. The van der Waals surface area contributed by atoms with E-state index in [1.165, 1.54) is 4.90 Å². The third-order valence-corrected chi connectivity index (χ3v) is 3.81. The number of hydrogen-bond acceptors (Lipinski definition) is 5. The summed E-state index contributed by atoms with van der Waals surface area (Å²) >= 11 is 0. The number of carbonyl (C=O) groups is 4. The van der Waals surface area contributed by atoms with Crippen LogP contribution < -0.4 is 5.32 Å². The molecule has 2 aliphatic rings. The Kier molecular flexibility index (Phi) is 5.42. The molecule has 0 spiro atoms. The largest absolute Gasteiger partial charge is 0.296 e. The molecule has 1 atom stereocenters. The van der Waals surface area contributed by atoms with Crippen LogP contribution in [0.25, 0.3) is 0 Å². The van der Waals surface area contributed by atoms with Gasteiger partial charge in [-0.2, -0.15) is 5.26 Å². The van der Waals surface area contributed by atoms with E-state index in [0.717, 1.165) is 0 Å². The fourth-order valence-corrected chi connectivity index (χ4v) is 2.39. The molecule has 124 valence electrons. The number of benzene rings is 1. The summed E-state index contributed by atoms with van der Waals surface area (Å²) in [7, 11) is 0. The topological polar surface area (TPSA) is 107 Å². The van der Waals surface area contributed by atoms with Crippen LogP contribution in [-0.2, 0) is 9.59 Å². The van der Waals surface area contributed by atoms with Gasteiger partial charge in [0.05, 0.1) is 23.1 Å². The fourth-order valence-electron chi connectivity index (χ4n) is 2.39. The quantitative estimate of drug-likeness (QED) is 0.841. The van der Waals surface area contributed by atoms with Gasteiger partial charge in [0.25, 0.3) is 11.8 Å². The van der Waals surface area contributed by atoms with Crippen LogP contribution in [0.3, 0.4) is 0 Å². The van der Waals surface area contributed by atoms with E-state index >= 15 is 0 Å². The number of nitrogens with zero attached hydrogens (tertiary/aromatic N) is 2. The summed E-state index contributed by atoms with van der Waals surface area (Å²) in [5.74, 6) is -1.18. The highest BCUT2D eigenvalue weighted by atomic mass is 16.2. The minimum absolute atomic E-state index is 0.148. The van der Waals surface area contributed by atoms with Crippen LogP contribution in [0.4, 0.5) is 0 Å². The van der Waals surface area contributed by atoms with E-state index in [4.69, 9.17) is 5.26 Å². The van der Waals surface area contributed by atoms with E-state index in [9.17, 15) is 19.2 Å². The molecule has 4 amide bonds. The lowest BCUT2D eigenvalue weighted by atomic mass is 10.1. The molecule has 1 unspecified atom stereocenters. The van der Waals surface area contributed by atoms with E-state index < -0.39 is 0 Å². The highest BCUT2D eigenvalue weighted by Gasteiger charge is 2.35. The molecule has 0 bridgehead atoms. The van der Waals surface area contributed by atoms with Gasteiger partial charge in [-0.05, 0) is 18.6 Å².